The van der Waals surface area contributed by atoms with Gasteiger partial charge in [-0.1, -0.05) is 13.8 Å². The van der Waals surface area contributed by atoms with Crippen molar-refractivity contribution in [2.24, 2.45) is 11.8 Å². The van der Waals surface area contributed by atoms with Gasteiger partial charge in [-0.2, -0.15) is 0 Å². The van der Waals surface area contributed by atoms with Gasteiger partial charge < -0.3 is 5.32 Å². The quantitative estimate of drug-likeness (QED) is 0.817. The molecule has 0 aliphatic rings. The maximum Gasteiger partial charge on any atom is 0.143 e. The van der Waals surface area contributed by atoms with Crippen LogP contribution in [0.1, 0.15) is 19.4 Å². The Morgan fingerprint density at radius 1 is 1.29 bits per heavy atom. The zero-order chi connectivity index (χ0) is 13.0. The molecule has 0 radical (unpaired) electrons. The number of halogens is 3. The standard InChI is InChI=1S/C13H18BrF2N/c1-8(2)9(7-17-3)6-10-12(15)5-4-11(14)13(10)16/h4-5,8-9,17H,6-7H2,1-3H3. The summed E-state index contributed by atoms with van der Waals surface area (Å²) in [5.74, 6) is -0.349. The molecular formula is C13H18BrF2N. The van der Waals surface area contributed by atoms with Crippen LogP contribution in [0.2, 0.25) is 0 Å². The van der Waals surface area contributed by atoms with Crippen LogP contribution in [0.15, 0.2) is 16.6 Å². The monoisotopic (exact) mass is 305 g/mol. The van der Waals surface area contributed by atoms with E-state index in [-0.39, 0.29) is 11.5 Å². The van der Waals surface area contributed by atoms with Crippen molar-refractivity contribution >= 4 is 15.9 Å². The minimum atomic E-state index is -0.480. The molecule has 0 bridgehead atoms. The van der Waals surface area contributed by atoms with Crippen molar-refractivity contribution in [3.05, 3.63) is 33.8 Å². The van der Waals surface area contributed by atoms with Gasteiger partial charge >= 0.3 is 0 Å². The minimum absolute atomic E-state index is 0.174. The van der Waals surface area contributed by atoms with Crippen LogP contribution in [0.3, 0.4) is 0 Å². The summed E-state index contributed by atoms with van der Waals surface area (Å²) in [6.45, 7) is 4.88. The predicted molar refractivity (Wildman–Crippen MR) is 70.0 cm³/mol. The Bertz CT molecular complexity index is 380. The first-order valence-corrected chi connectivity index (χ1v) is 6.53. The molecule has 0 fully saturated rings. The van der Waals surface area contributed by atoms with E-state index in [9.17, 15) is 8.78 Å². The smallest absolute Gasteiger partial charge is 0.143 e. The van der Waals surface area contributed by atoms with Crippen LogP contribution in [0.4, 0.5) is 8.78 Å². The summed E-state index contributed by atoms with van der Waals surface area (Å²) in [6, 6.07) is 2.70. The van der Waals surface area contributed by atoms with E-state index in [1.54, 1.807) is 0 Å². The molecule has 1 nitrogen and oxygen atoms in total. The molecule has 0 aromatic heterocycles. The molecule has 96 valence electrons. The topological polar surface area (TPSA) is 12.0 Å². The summed E-state index contributed by atoms with van der Waals surface area (Å²) < 4.78 is 27.8. The Hall–Kier alpha value is -0.480. The summed E-state index contributed by atoms with van der Waals surface area (Å²) in [5, 5.41) is 3.07. The third kappa shape index (κ3) is 3.75. The first-order valence-electron chi connectivity index (χ1n) is 5.74. The van der Waals surface area contributed by atoms with Crippen LogP contribution < -0.4 is 5.32 Å². The van der Waals surface area contributed by atoms with Crippen LogP contribution in [-0.2, 0) is 6.42 Å². The van der Waals surface area contributed by atoms with E-state index in [2.05, 4.69) is 35.1 Å². The number of benzene rings is 1. The molecule has 0 saturated heterocycles. The van der Waals surface area contributed by atoms with Crippen molar-refractivity contribution in [1.82, 2.24) is 5.32 Å². The van der Waals surface area contributed by atoms with Gasteiger partial charge in [-0.05, 0) is 59.9 Å². The van der Waals surface area contributed by atoms with E-state index >= 15 is 0 Å². The average molecular weight is 306 g/mol. The van der Waals surface area contributed by atoms with Crippen molar-refractivity contribution in [1.29, 1.82) is 0 Å². The van der Waals surface area contributed by atoms with Crippen LogP contribution >= 0.6 is 15.9 Å². The predicted octanol–water partition coefficient (Wildman–Crippen LogP) is 3.76. The fourth-order valence-corrected chi connectivity index (χ4v) is 2.20. The third-order valence-electron chi connectivity index (χ3n) is 3.01. The lowest BCUT2D eigenvalue weighted by Crippen LogP contribution is -2.25. The minimum Gasteiger partial charge on any atom is -0.319 e. The van der Waals surface area contributed by atoms with E-state index in [0.717, 1.165) is 6.54 Å². The Labute approximate surface area is 110 Å². The Morgan fingerprint density at radius 3 is 2.47 bits per heavy atom. The fraction of sp³-hybridized carbons (Fsp3) is 0.538. The molecule has 0 heterocycles. The van der Waals surface area contributed by atoms with Crippen LogP contribution in [0.25, 0.3) is 0 Å². The molecule has 1 unspecified atom stereocenters. The van der Waals surface area contributed by atoms with Gasteiger partial charge in [-0.3, -0.25) is 0 Å². The van der Waals surface area contributed by atoms with Gasteiger partial charge in [0.05, 0.1) is 4.47 Å². The molecule has 0 aliphatic heterocycles. The summed E-state index contributed by atoms with van der Waals surface area (Å²) in [4.78, 5) is 0. The molecule has 1 rings (SSSR count). The van der Waals surface area contributed by atoms with Gasteiger partial charge in [-0.15, -0.1) is 0 Å². The molecule has 4 heteroatoms. The molecule has 0 aliphatic carbocycles. The molecule has 1 aromatic carbocycles. The van der Waals surface area contributed by atoms with E-state index in [1.807, 2.05) is 7.05 Å². The maximum absolute atomic E-state index is 13.8. The van der Waals surface area contributed by atoms with Gasteiger partial charge in [0.2, 0.25) is 0 Å². The normalized spacial score (nSPS) is 13.1. The third-order valence-corrected chi connectivity index (χ3v) is 3.63. The summed E-state index contributed by atoms with van der Waals surface area (Å²) in [5.41, 5.74) is 0.174. The molecule has 1 atom stereocenters. The zero-order valence-corrected chi connectivity index (χ0v) is 11.9. The zero-order valence-electron chi connectivity index (χ0n) is 10.4. The lowest BCUT2D eigenvalue weighted by Gasteiger charge is -2.21. The van der Waals surface area contributed by atoms with E-state index in [0.29, 0.717) is 16.8 Å². The van der Waals surface area contributed by atoms with Gasteiger partial charge in [-0.25, -0.2) is 8.78 Å². The molecule has 1 N–H and O–H groups in total. The van der Waals surface area contributed by atoms with E-state index in [1.165, 1.54) is 12.1 Å². The Balaban J connectivity index is 2.96. The highest BCUT2D eigenvalue weighted by atomic mass is 79.9. The average Bonchev–Trinajstić information content (AvgIpc) is 2.28. The summed E-state index contributed by atoms with van der Waals surface area (Å²) in [6.07, 6.45) is 0.412. The lowest BCUT2D eigenvalue weighted by molar-refractivity contribution is 0.359. The van der Waals surface area contributed by atoms with Crippen molar-refractivity contribution in [2.45, 2.75) is 20.3 Å². The highest BCUT2D eigenvalue weighted by Crippen LogP contribution is 2.26. The second-order valence-electron chi connectivity index (χ2n) is 4.59. The number of rotatable bonds is 5. The van der Waals surface area contributed by atoms with Gasteiger partial charge in [0.15, 0.2) is 0 Å². The van der Waals surface area contributed by atoms with Crippen LogP contribution in [0.5, 0.6) is 0 Å². The molecule has 17 heavy (non-hydrogen) atoms. The van der Waals surface area contributed by atoms with Crippen LogP contribution in [0, 0.1) is 23.5 Å². The maximum atomic E-state index is 13.8. The number of nitrogens with one attached hydrogen (secondary N) is 1. The summed E-state index contributed by atoms with van der Waals surface area (Å²) in [7, 11) is 1.85. The van der Waals surface area contributed by atoms with Crippen molar-refractivity contribution < 1.29 is 8.78 Å². The molecule has 1 aromatic rings. The number of hydrogen-bond donors (Lipinski definition) is 1. The Morgan fingerprint density at radius 2 is 1.94 bits per heavy atom. The molecule has 0 spiro atoms. The van der Waals surface area contributed by atoms with Gasteiger partial charge in [0.1, 0.15) is 11.6 Å². The summed E-state index contributed by atoms with van der Waals surface area (Å²) >= 11 is 3.09. The second-order valence-corrected chi connectivity index (χ2v) is 5.44. The van der Waals surface area contributed by atoms with E-state index in [4.69, 9.17) is 0 Å². The first-order chi connectivity index (χ1) is 7.97. The van der Waals surface area contributed by atoms with Crippen molar-refractivity contribution in [2.75, 3.05) is 13.6 Å². The molecule has 0 amide bonds. The Kier molecular flexibility index (Phi) is 5.53. The largest absolute Gasteiger partial charge is 0.319 e. The highest BCUT2D eigenvalue weighted by molar-refractivity contribution is 9.10. The molecule has 0 saturated carbocycles. The lowest BCUT2D eigenvalue weighted by atomic mass is 9.89. The van der Waals surface area contributed by atoms with Gasteiger partial charge in [0, 0.05) is 5.56 Å². The van der Waals surface area contributed by atoms with Crippen LogP contribution in [-0.4, -0.2) is 13.6 Å². The van der Waals surface area contributed by atoms with Gasteiger partial charge in [0.25, 0.3) is 0 Å². The van der Waals surface area contributed by atoms with E-state index < -0.39 is 11.6 Å². The SMILES string of the molecule is CNCC(Cc1c(F)ccc(Br)c1F)C(C)C. The fourth-order valence-electron chi connectivity index (χ4n) is 1.82. The van der Waals surface area contributed by atoms with Crippen molar-refractivity contribution in [3.63, 3.8) is 0 Å². The molecular weight excluding hydrogens is 288 g/mol. The van der Waals surface area contributed by atoms with Crippen molar-refractivity contribution in [3.8, 4) is 0 Å². The first kappa shape index (κ1) is 14.6. The number of hydrogen-bond acceptors (Lipinski definition) is 1. The second kappa shape index (κ2) is 6.45. The highest BCUT2D eigenvalue weighted by Gasteiger charge is 2.19.